The molecule has 0 radical (unpaired) electrons. The lowest BCUT2D eigenvalue weighted by Gasteiger charge is -2.17. The van der Waals surface area contributed by atoms with E-state index in [0.717, 1.165) is 42.1 Å². The molecule has 4 aliphatic rings. The molecule has 0 saturated heterocycles. The van der Waals surface area contributed by atoms with E-state index in [2.05, 4.69) is 38.1 Å². The van der Waals surface area contributed by atoms with Crippen molar-refractivity contribution in [3.63, 3.8) is 0 Å². The van der Waals surface area contributed by atoms with Crippen LogP contribution in [0.4, 0.5) is 0 Å². The zero-order chi connectivity index (χ0) is 15.0. The fraction of sp³-hybridized carbons (Fsp3) is 0.368. The molecule has 2 aromatic rings. The molecule has 6 rings (SSSR count). The van der Waals surface area contributed by atoms with Crippen LogP contribution in [0.15, 0.2) is 24.3 Å². The van der Waals surface area contributed by atoms with Crippen molar-refractivity contribution < 1.29 is 0 Å². The monoisotopic (exact) mass is 318 g/mol. The Morgan fingerprint density at radius 3 is 1.95 bits per heavy atom. The molecule has 0 saturated carbocycles. The topological polar surface area (TPSA) is 0 Å². The van der Waals surface area contributed by atoms with E-state index in [1.807, 2.05) is 0 Å². The Hall–Kier alpha value is -0.980. The van der Waals surface area contributed by atoms with Crippen LogP contribution in [0.25, 0.3) is 0 Å². The average Bonchev–Trinajstić information content (AvgIpc) is 2.45. The minimum atomic E-state index is 0.900. The largest absolute Gasteiger partial charge is 0.0840 e. The summed E-state index contributed by atoms with van der Waals surface area (Å²) in [5, 5.41) is 1.81. The van der Waals surface area contributed by atoms with Crippen LogP contribution in [0.1, 0.15) is 40.3 Å². The molecule has 0 nitrogen and oxygen atoms in total. The summed E-state index contributed by atoms with van der Waals surface area (Å²) in [5.41, 5.74) is 8.01. The van der Waals surface area contributed by atoms with Crippen LogP contribution in [-0.4, -0.2) is 0 Å². The van der Waals surface area contributed by atoms with Gasteiger partial charge in [-0.25, -0.2) is 0 Å². The van der Waals surface area contributed by atoms with Crippen molar-refractivity contribution in [3.8, 4) is 0 Å². The summed E-state index contributed by atoms with van der Waals surface area (Å²) in [5.74, 6) is 0. The summed E-state index contributed by atoms with van der Waals surface area (Å²) in [6.45, 7) is 4.41. The number of aryl methyl sites for hydroxylation is 6. The molecular formula is C19H20Cl2. The summed E-state index contributed by atoms with van der Waals surface area (Å²) in [4.78, 5) is 0. The van der Waals surface area contributed by atoms with Gasteiger partial charge in [0.2, 0.25) is 0 Å². The maximum absolute atomic E-state index is 6.48. The molecule has 4 bridgehead atoms. The van der Waals surface area contributed by atoms with Crippen LogP contribution in [0, 0.1) is 6.92 Å². The number of benzene rings is 2. The molecular weight excluding hydrogens is 299 g/mol. The molecule has 0 fully saturated rings. The lowest BCUT2D eigenvalue weighted by Crippen LogP contribution is -2.04. The first-order valence-corrected chi connectivity index (χ1v) is 8.42. The number of rotatable bonds is 1. The zero-order valence-electron chi connectivity index (χ0n) is 12.6. The molecule has 0 heterocycles. The Balaban J connectivity index is 2.10. The molecule has 0 unspecified atom stereocenters. The van der Waals surface area contributed by atoms with E-state index in [-0.39, 0.29) is 0 Å². The van der Waals surface area contributed by atoms with Gasteiger partial charge in [0.05, 0.1) is 0 Å². The second-order valence-corrected chi connectivity index (χ2v) is 6.75. The molecule has 4 aliphatic carbocycles. The molecule has 110 valence electrons. The van der Waals surface area contributed by atoms with Crippen molar-refractivity contribution in [2.24, 2.45) is 0 Å². The predicted molar refractivity (Wildman–Crippen MR) is 91.8 cm³/mol. The van der Waals surface area contributed by atoms with Gasteiger partial charge < -0.3 is 0 Å². The van der Waals surface area contributed by atoms with Crippen molar-refractivity contribution in [2.75, 3.05) is 0 Å². The lowest BCUT2D eigenvalue weighted by molar-refractivity contribution is 0.891. The number of halogens is 2. The van der Waals surface area contributed by atoms with Crippen molar-refractivity contribution >= 4 is 23.2 Å². The maximum Gasteiger partial charge on any atom is 0.0441 e. The number of hydrogen-bond acceptors (Lipinski definition) is 0. The van der Waals surface area contributed by atoms with Crippen molar-refractivity contribution in [1.29, 1.82) is 0 Å². The molecule has 0 amide bonds. The summed E-state index contributed by atoms with van der Waals surface area (Å²) >= 11 is 12.9. The van der Waals surface area contributed by atoms with E-state index in [1.165, 1.54) is 33.4 Å². The molecule has 0 aromatic heterocycles. The van der Waals surface area contributed by atoms with Crippen LogP contribution < -0.4 is 0 Å². The first-order valence-electron chi connectivity index (χ1n) is 7.66. The Bertz CT molecular complexity index is 686. The van der Waals surface area contributed by atoms with E-state index >= 15 is 0 Å². The lowest BCUT2D eigenvalue weighted by atomic mass is 9.90. The predicted octanol–water partition coefficient (Wildman–Crippen LogP) is 5.75. The van der Waals surface area contributed by atoms with E-state index in [0.29, 0.717) is 0 Å². The normalized spacial score (nSPS) is 14.1. The van der Waals surface area contributed by atoms with E-state index in [4.69, 9.17) is 23.2 Å². The third-order valence-corrected chi connectivity index (χ3v) is 5.29. The molecule has 21 heavy (non-hydrogen) atoms. The standard InChI is InChI=1S/C19H20Cl2/c1-3-13-9-17-7-6-16-8-12(2)14(10-18(16)20)4-5-15(13)11-19(17)21/h8-11H,3-7H2,1-2H3. The number of hydrogen-bond donors (Lipinski definition) is 0. The van der Waals surface area contributed by atoms with Gasteiger partial charge in [0.15, 0.2) is 0 Å². The van der Waals surface area contributed by atoms with Crippen LogP contribution in [-0.2, 0) is 32.1 Å². The van der Waals surface area contributed by atoms with Crippen LogP contribution in [0.5, 0.6) is 0 Å². The van der Waals surface area contributed by atoms with Gasteiger partial charge in [-0.05, 0) is 84.5 Å². The molecule has 0 atom stereocenters. The Labute approximate surface area is 137 Å². The van der Waals surface area contributed by atoms with Gasteiger partial charge in [-0.1, -0.05) is 42.3 Å². The summed E-state index contributed by atoms with van der Waals surface area (Å²) < 4.78 is 0. The summed E-state index contributed by atoms with van der Waals surface area (Å²) in [6, 6.07) is 8.89. The van der Waals surface area contributed by atoms with Gasteiger partial charge in [0, 0.05) is 10.0 Å². The average molecular weight is 319 g/mol. The van der Waals surface area contributed by atoms with Crippen LogP contribution in [0.3, 0.4) is 0 Å². The maximum atomic E-state index is 6.48. The highest BCUT2D eigenvalue weighted by Crippen LogP contribution is 2.29. The molecule has 2 aromatic carbocycles. The fourth-order valence-electron chi connectivity index (χ4n) is 3.25. The van der Waals surface area contributed by atoms with Crippen molar-refractivity contribution in [3.05, 3.63) is 67.7 Å². The quantitative estimate of drug-likeness (QED) is 0.628. The van der Waals surface area contributed by atoms with Gasteiger partial charge >= 0.3 is 0 Å². The van der Waals surface area contributed by atoms with Crippen molar-refractivity contribution in [2.45, 2.75) is 46.0 Å². The van der Waals surface area contributed by atoms with Gasteiger partial charge in [-0.3, -0.25) is 0 Å². The van der Waals surface area contributed by atoms with Gasteiger partial charge in [-0.15, -0.1) is 0 Å². The Morgan fingerprint density at radius 1 is 0.762 bits per heavy atom. The first-order chi connectivity index (χ1) is 10.1. The highest BCUT2D eigenvalue weighted by atomic mass is 35.5. The Kier molecular flexibility index (Phi) is 4.28. The summed E-state index contributed by atoms with van der Waals surface area (Å²) in [7, 11) is 0. The van der Waals surface area contributed by atoms with Gasteiger partial charge in [0.1, 0.15) is 0 Å². The minimum absolute atomic E-state index is 0.900. The van der Waals surface area contributed by atoms with Crippen LogP contribution in [0.2, 0.25) is 10.0 Å². The minimum Gasteiger partial charge on any atom is -0.0840 e. The second kappa shape index (κ2) is 6.02. The van der Waals surface area contributed by atoms with E-state index < -0.39 is 0 Å². The zero-order valence-corrected chi connectivity index (χ0v) is 14.1. The third kappa shape index (κ3) is 2.98. The van der Waals surface area contributed by atoms with Crippen molar-refractivity contribution in [1.82, 2.24) is 0 Å². The smallest absolute Gasteiger partial charge is 0.0441 e. The van der Waals surface area contributed by atoms with Gasteiger partial charge in [-0.2, -0.15) is 0 Å². The second-order valence-electron chi connectivity index (χ2n) is 5.94. The first kappa shape index (κ1) is 14.9. The SMILES string of the molecule is CCc1cc2c(Cl)cc1CCc1cc(Cl)c(cc1C)CC2. The van der Waals surface area contributed by atoms with Crippen LogP contribution >= 0.6 is 23.2 Å². The molecule has 0 N–H and O–H groups in total. The molecule has 0 aliphatic heterocycles. The highest BCUT2D eigenvalue weighted by Gasteiger charge is 2.13. The molecule has 2 heteroatoms. The van der Waals surface area contributed by atoms with E-state index in [9.17, 15) is 0 Å². The Morgan fingerprint density at radius 2 is 1.29 bits per heavy atom. The highest BCUT2D eigenvalue weighted by molar-refractivity contribution is 6.32. The van der Waals surface area contributed by atoms with E-state index in [1.54, 1.807) is 0 Å². The fourth-order valence-corrected chi connectivity index (χ4v) is 3.81. The molecule has 0 spiro atoms. The third-order valence-electron chi connectivity index (χ3n) is 4.58. The van der Waals surface area contributed by atoms with Gasteiger partial charge in [0.25, 0.3) is 0 Å². The summed E-state index contributed by atoms with van der Waals surface area (Å²) in [6.07, 6.45) is 5.01.